The Bertz CT molecular complexity index is 538. The van der Waals surface area contributed by atoms with Crippen LogP contribution in [0.1, 0.15) is 12.5 Å². The normalized spacial score (nSPS) is 11.8. The molecule has 0 aliphatic carbocycles. The molecule has 0 aliphatic rings. The molecule has 1 aromatic carbocycles. The first-order valence-electron chi connectivity index (χ1n) is 6.09. The van der Waals surface area contributed by atoms with Gasteiger partial charge in [-0.25, -0.2) is 0 Å². The second-order valence-corrected chi connectivity index (χ2v) is 11.2. The van der Waals surface area contributed by atoms with Crippen molar-refractivity contribution in [3.05, 3.63) is 29.8 Å². The number of carbonyl (C=O) groups is 2. The summed E-state index contributed by atoms with van der Waals surface area (Å²) in [7, 11) is 0. The summed E-state index contributed by atoms with van der Waals surface area (Å²) < 4.78 is 81.3. The number of alkyl halides is 6. The zero-order chi connectivity index (χ0) is 17.8. The van der Waals surface area contributed by atoms with Crippen molar-refractivity contribution in [2.24, 2.45) is 0 Å². The van der Waals surface area contributed by atoms with Gasteiger partial charge in [-0.15, -0.1) is 0 Å². The molecule has 1 rings (SSSR count). The van der Waals surface area contributed by atoms with Crippen LogP contribution in [0.4, 0.5) is 26.3 Å². The van der Waals surface area contributed by atoms with E-state index in [0.717, 1.165) is 5.56 Å². The van der Waals surface area contributed by atoms with Gasteiger partial charge in [0.2, 0.25) is 0 Å². The Morgan fingerprint density at radius 2 is 1.30 bits per heavy atom. The van der Waals surface area contributed by atoms with Crippen LogP contribution >= 0.6 is 0 Å². The van der Waals surface area contributed by atoms with Crippen LogP contribution < -0.4 is 3.12 Å². The van der Waals surface area contributed by atoms with Gasteiger partial charge in [-0.3, -0.25) is 0 Å². The van der Waals surface area contributed by atoms with Gasteiger partial charge < -0.3 is 0 Å². The topological polar surface area (TPSA) is 52.6 Å². The molecule has 0 bridgehead atoms. The molecule has 1 aromatic rings. The Kier molecular flexibility index (Phi) is 6.42. The van der Waals surface area contributed by atoms with Crippen molar-refractivity contribution in [3.8, 4) is 0 Å². The molecule has 0 amide bonds. The Morgan fingerprint density at radius 1 is 0.913 bits per heavy atom. The molecule has 0 radical (unpaired) electrons. The fourth-order valence-electron chi connectivity index (χ4n) is 1.40. The van der Waals surface area contributed by atoms with Gasteiger partial charge >= 0.3 is 136 Å². The SMILES string of the molecule is CCc1cc[c]([Tl]([O]C(=O)C(F)(F)F)[O]C(=O)C(F)(F)F)cc1. The molecule has 0 saturated carbocycles. The van der Waals surface area contributed by atoms with Crippen LogP contribution in [0, 0.1) is 0 Å². The van der Waals surface area contributed by atoms with E-state index in [1.807, 2.05) is 0 Å². The van der Waals surface area contributed by atoms with E-state index in [9.17, 15) is 35.9 Å². The fraction of sp³-hybridized carbons (Fsp3) is 0.333. The van der Waals surface area contributed by atoms with Crippen LogP contribution in [-0.2, 0) is 21.4 Å². The van der Waals surface area contributed by atoms with Gasteiger partial charge in [-0.05, 0) is 0 Å². The van der Waals surface area contributed by atoms with Gasteiger partial charge in [0.15, 0.2) is 0 Å². The van der Waals surface area contributed by atoms with E-state index in [1.165, 1.54) is 24.3 Å². The van der Waals surface area contributed by atoms with Gasteiger partial charge in [0.05, 0.1) is 0 Å². The Labute approximate surface area is 135 Å². The summed E-state index contributed by atoms with van der Waals surface area (Å²) in [6.07, 6.45) is -10.2. The average Bonchev–Trinajstić information content (AvgIpc) is 2.44. The summed E-state index contributed by atoms with van der Waals surface area (Å²) in [6.45, 7) is 1.78. The first-order chi connectivity index (χ1) is 10.4. The molecule has 0 aliphatic heterocycles. The van der Waals surface area contributed by atoms with Crippen LogP contribution in [0.25, 0.3) is 0 Å². The zero-order valence-electron chi connectivity index (χ0n) is 11.5. The van der Waals surface area contributed by atoms with E-state index in [-0.39, 0.29) is 3.12 Å². The van der Waals surface area contributed by atoms with Crippen LogP contribution in [-0.4, -0.2) is 47.9 Å². The first-order valence-corrected chi connectivity index (χ1v) is 12.0. The molecule has 0 spiro atoms. The summed E-state index contributed by atoms with van der Waals surface area (Å²) in [6, 6.07) is 5.26. The summed E-state index contributed by atoms with van der Waals surface area (Å²) in [5.41, 5.74) is 0.755. The molecule has 11 heteroatoms. The minimum atomic E-state index is -5.40. The van der Waals surface area contributed by atoms with Crippen LogP contribution in [0.2, 0.25) is 0 Å². The Hall–Kier alpha value is -1.34. The molecule has 0 atom stereocenters. The Morgan fingerprint density at radius 3 is 1.61 bits per heavy atom. The van der Waals surface area contributed by atoms with E-state index < -0.39 is 47.9 Å². The summed E-state index contributed by atoms with van der Waals surface area (Å²) in [5.74, 6) is -5.36. The third kappa shape index (κ3) is 5.99. The van der Waals surface area contributed by atoms with Gasteiger partial charge in [-0.2, -0.15) is 0 Å². The molecule has 0 unspecified atom stereocenters. The van der Waals surface area contributed by atoms with Crippen molar-refractivity contribution in [3.63, 3.8) is 0 Å². The molecule has 0 aromatic heterocycles. The maximum absolute atomic E-state index is 12.2. The standard InChI is InChI=1S/C8H9.2C2HF3O2.Tl/c1-2-8-6-4-3-5-7-8;2*3-2(4,5)1(6)7;/h4-7H,2H2,1H3;2*(H,6,7);/q;;;+2/p-2. The van der Waals surface area contributed by atoms with Gasteiger partial charge in [0, 0.05) is 0 Å². The fourth-order valence-corrected chi connectivity index (χ4v) is 7.16. The molecular formula is C12H9F6O4Tl. The van der Waals surface area contributed by atoms with E-state index in [2.05, 4.69) is 5.37 Å². The molecular weight excluding hydrogens is 526 g/mol. The van der Waals surface area contributed by atoms with Gasteiger partial charge in [0.25, 0.3) is 0 Å². The van der Waals surface area contributed by atoms with E-state index in [0.29, 0.717) is 6.42 Å². The van der Waals surface area contributed by atoms with Crippen molar-refractivity contribution < 1.29 is 41.3 Å². The molecule has 0 N–H and O–H groups in total. The second-order valence-electron chi connectivity index (χ2n) is 4.23. The van der Waals surface area contributed by atoms with Crippen molar-refractivity contribution in [2.75, 3.05) is 0 Å². The third-order valence-electron chi connectivity index (χ3n) is 2.55. The minimum absolute atomic E-state index is 0.127. The number of aryl methyl sites for hydroxylation is 1. The molecule has 126 valence electrons. The number of carbonyl (C=O) groups excluding carboxylic acids is 2. The van der Waals surface area contributed by atoms with E-state index in [1.54, 1.807) is 6.92 Å². The van der Waals surface area contributed by atoms with E-state index >= 15 is 0 Å². The van der Waals surface area contributed by atoms with Gasteiger partial charge in [0.1, 0.15) is 0 Å². The van der Waals surface area contributed by atoms with Crippen molar-refractivity contribution in [1.82, 2.24) is 0 Å². The monoisotopic (exact) mass is 536 g/mol. The second kappa shape index (κ2) is 7.49. The summed E-state index contributed by atoms with van der Waals surface area (Å²) >= 11 is -5.04. The van der Waals surface area contributed by atoms with Gasteiger partial charge in [-0.1, -0.05) is 0 Å². The van der Waals surface area contributed by atoms with Crippen LogP contribution in [0.15, 0.2) is 24.3 Å². The van der Waals surface area contributed by atoms with Crippen molar-refractivity contribution in [2.45, 2.75) is 25.7 Å². The third-order valence-corrected chi connectivity index (χ3v) is 9.49. The molecule has 4 nitrogen and oxygen atoms in total. The maximum atomic E-state index is 12.2. The number of benzene rings is 1. The summed E-state index contributed by atoms with van der Waals surface area (Å²) in [5, 5.41) is 0. The number of rotatable bonds is 4. The van der Waals surface area contributed by atoms with Crippen molar-refractivity contribution >= 4 is 38.7 Å². The number of halogens is 6. The molecule has 23 heavy (non-hydrogen) atoms. The Balaban J connectivity index is 3.04. The van der Waals surface area contributed by atoms with E-state index in [4.69, 9.17) is 0 Å². The first kappa shape index (κ1) is 19.7. The number of hydrogen-bond donors (Lipinski definition) is 0. The number of hydrogen-bond acceptors (Lipinski definition) is 4. The summed E-state index contributed by atoms with van der Waals surface area (Å²) in [4.78, 5) is 21.7. The predicted octanol–water partition coefficient (Wildman–Crippen LogP) is 2.16. The molecule has 0 fully saturated rings. The average molecular weight is 536 g/mol. The molecule has 0 heterocycles. The zero-order valence-corrected chi connectivity index (χ0v) is 16.0. The molecule has 0 saturated heterocycles. The predicted molar refractivity (Wildman–Crippen MR) is 65.5 cm³/mol. The van der Waals surface area contributed by atoms with Crippen LogP contribution in [0.3, 0.4) is 0 Å². The van der Waals surface area contributed by atoms with Crippen LogP contribution in [0.5, 0.6) is 0 Å². The van der Waals surface area contributed by atoms with Crippen molar-refractivity contribution in [1.29, 1.82) is 0 Å². The quantitative estimate of drug-likeness (QED) is 0.438.